The summed E-state index contributed by atoms with van der Waals surface area (Å²) < 4.78 is 22.5. The Hall–Kier alpha value is -3.39. The molecule has 7 nitrogen and oxygen atoms in total. The van der Waals surface area contributed by atoms with Crippen molar-refractivity contribution in [3.63, 3.8) is 0 Å². The third kappa shape index (κ3) is 4.14. The highest BCUT2D eigenvalue weighted by Crippen LogP contribution is 2.38. The van der Waals surface area contributed by atoms with Crippen molar-refractivity contribution in [1.82, 2.24) is 9.47 Å². The fraction of sp³-hybridized carbons (Fsp3) is 0.385. The van der Waals surface area contributed by atoms with Crippen LogP contribution in [0.15, 0.2) is 47.4 Å². The van der Waals surface area contributed by atoms with E-state index in [1.54, 1.807) is 36.5 Å². The van der Waals surface area contributed by atoms with Gasteiger partial charge in [0, 0.05) is 43.8 Å². The van der Waals surface area contributed by atoms with Crippen molar-refractivity contribution in [1.29, 1.82) is 0 Å². The lowest BCUT2D eigenvalue weighted by Gasteiger charge is -2.35. The molecule has 2 aromatic carbocycles. The van der Waals surface area contributed by atoms with Gasteiger partial charge in [-0.15, -0.1) is 0 Å². The highest BCUT2D eigenvalue weighted by Gasteiger charge is 2.28. The number of hydrogen-bond acceptors (Lipinski definition) is 5. The number of likely N-dealkylation sites (N-methyl/N-ethyl adjacent to an activating group) is 1. The van der Waals surface area contributed by atoms with E-state index in [0.717, 1.165) is 45.6 Å². The normalized spacial score (nSPS) is 16.6. The second-order valence-corrected chi connectivity index (χ2v) is 8.91. The van der Waals surface area contributed by atoms with Crippen molar-refractivity contribution in [2.75, 3.05) is 50.1 Å². The summed E-state index contributed by atoms with van der Waals surface area (Å²) in [6.07, 6.45) is 3.56. The van der Waals surface area contributed by atoms with Crippen molar-refractivity contribution >= 4 is 28.2 Å². The number of pyridine rings is 1. The molecule has 1 aliphatic carbocycles. The Balaban J connectivity index is 1.55. The van der Waals surface area contributed by atoms with E-state index in [0.29, 0.717) is 22.6 Å². The van der Waals surface area contributed by atoms with Gasteiger partial charge in [0.15, 0.2) is 0 Å². The number of ether oxygens (including phenoxy) is 1. The number of amides is 1. The van der Waals surface area contributed by atoms with Crippen molar-refractivity contribution in [3.05, 3.63) is 64.2 Å². The quantitative estimate of drug-likeness (QED) is 0.600. The predicted octanol–water partition coefficient (Wildman–Crippen LogP) is 3.88. The topological polar surface area (TPSA) is 66.8 Å². The molecule has 2 aliphatic rings. The number of hydrogen-bond donors (Lipinski definition) is 1. The Morgan fingerprint density at radius 2 is 1.88 bits per heavy atom. The Bertz CT molecular complexity index is 1290. The molecule has 1 N–H and O–H groups in total. The minimum absolute atomic E-state index is 0.00554. The zero-order valence-electron chi connectivity index (χ0n) is 19.5. The van der Waals surface area contributed by atoms with Gasteiger partial charge >= 0.3 is 0 Å². The lowest BCUT2D eigenvalue weighted by Crippen LogP contribution is -2.46. The monoisotopic (exact) mass is 464 g/mol. The van der Waals surface area contributed by atoms with Crippen LogP contribution < -0.4 is 20.4 Å². The van der Waals surface area contributed by atoms with Crippen LogP contribution in [0.5, 0.6) is 5.75 Å². The summed E-state index contributed by atoms with van der Waals surface area (Å²) in [6.45, 7) is 6.35. The number of rotatable bonds is 6. The molecule has 5 rings (SSSR count). The Kier molecular flexibility index (Phi) is 6.00. The lowest BCUT2D eigenvalue weighted by molar-refractivity contribution is 0.102. The molecule has 178 valence electrons. The zero-order valence-corrected chi connectivity index (χ0v) is 19.5. The lowest BCUT2D eigenvalue weighted by atomic mass is 10.1. The highest BCUT2D eigenvalue weighted by atomic mass is 19.1. The molecule has 3 aromatic rings. The van der Waals surface area contributed by atoms with Crippen LogP contribution in [0.2, 0.25) is 0 Å². The molecule has 1 saturated carbocycles. The summed E-state index contributed by atoms with van der Waals surface area (Å²) in [6, 6.07) is 10.3. The maximum atomic E-state index is 15.3. The molecular weight excluding hydrogens is 435 g/mol. The minimum Gasteiger partial charge on any atom is -0.495 e. The number of piperazine rings is 1. The summed E-state index contributed by atoms with van der Waals surface area (Å²) in [7, 11) is 1.52. The predicted molar refractivity (Wildman–Crippen MR) is 132 cm³/mol. The smallest absolute Gasteiger partial charge is 0.261 e. The van der Waals surface area contributed by atoms with Gasteiger partial charge < -0.3 is 24.4 Å². The largest absolute Gasteiger partial charge is 0.495 e. The highest BCUT2D eigenvalue weighted by molar-refractivity contribution is 6.06. The van der Waals surface area contributed by atoms with E-state index in [4.69, 9.17) is 4.74 Å². The van der Waals surface area contributed by atoms with Gasteiger partial charge in [-0.05, 0) is 43.7 Å². The van der Waals surface area contributed by atoms with Crippen LogP contribution in [0.4, 0.5) is 15.8 Å². The van der Waals surface area contributed by atoms with E-state index in [1.807, 2.05) is 9.47 Å². The third-order valence-electron chi connectivity index (χ3n) is 6.80. The standard InChI is InChI=1S/C26H29FN4O3/c1-3-29-10-12-30(13-11-29)23-15-22-18(14-20(23)27)25(32)19(16-31(22)17-8-9-17)26(33)28-21-6-4-5-7-24(21)34-2/h4-7,14-17H,3,8-13H2,1-2H3,(H,28,33). The molecule has 1 aliphatic heterocycles. The van der Waals surface area contributed by atoms with E-state index in [-0.39, 0.29) is 17.0 Å². The van der Waals surface area contributed by atoms with Crippen LogP contribution in [0, 0.1) is 5.82 Å². The molecule has 0 bridgehead atoms. The second-order valence-electron chi connectivity index (χ2n) is 8.91. The number of methoxy groups -OCH3 is 1. The molecule has 8 heteroatoms. The summed E-state index contributed by atoms with van der Waals surface area (Å²) in [5, 5.41) is 3.00. The number of para-hydroxylation sites is 2. The fourth-order valence-electron chi connectivity index (χ4n) is 4.66. The van der Waals surface area contributed by atoms with Crippen LogP contribution in [0.3, 0.4) is 0 Å². The first kappa shape index (κ1) is 22.4. The number of carbonyl (C=O) groups is 1. The average Bonchev–Trinajstić information content (AvgIpc) is 3.70. The van der Waals surface area contributed by atoms with Crippen LogP contribution in [-0.4, -0.2) is 55.2 Å². The number of aromatic nitrogens is 1. The molecule has 1 aromatic heterocycles. The van der Waals surface area contributed by atoms with E-state index in [9.17, 15) is 9.59 Å². The molecule has 0 spiro atoms. The maximum Gasteiger partial charge on any atom is 0.261 e. The van der Waals surface area contributed by atoms with E-state index < -0.39 is 17.2 Å². The summed E-state index contributed by atoms with van der Waals surface area (Å²) in [5.41, 5.74) is 1.19. The molecule has 0 radical (unpaired) electrons. The SMILES string of the molecule is CCN1CCN(c2cc3c(cc2F)c(=O)c(C(=O)Nc2ccccc2OC)cn3C2CC2)CC1. The summed E-state index contributed by atoms with van der Waals surface area (Å²) in [4.78, 5) is 30.8. The van der Waals surface area contributed by atoms with Crippen molar-refractivity contribution in [2.24, 2.45) is 0 Å². The molecule has 0 atom stereocenters. The van der Waals surface area contributed by atoms with Gasteiger partial charge in [-0.2, -0.15) is 0 Å². The van der Waals surface area contributed by atoms with Crippen LogP contribution in [0.25, 0.3) is 10.9 Å². The number of benzene rings is 2. The summed E-state index contributed by atoms with van der Waals surface area (Å²) in [5.74, 6) is -0.469. The minimum atomic E-state index is -0.536. The second kappa shape index (κ2) is 9.10. The number of fused-ring (bicyclic) bond motifs is 1. The average molecular weight is 465 g/mol. The van der Waals surface area contributed by atoms with Gasteiger partial charge in [0.1, 0.15) is 17.1 Å². The Labute approximate surface area is 197 Å². The molecular formula is C26H29FN4O3. The number of carbonyl (C=O) groups excluding carboxylic acids is 1. The van der Waals surface area contributed by atoms with E-state index in [2.05, 4.69) is 17.1 Å². The Morgan fingerprint density at radius 1 is 1.15 bits per heavy atom. The first-order chi connectivity index (χ1) is 16.5. The van der Waals surface area contributed by atoms with E-state index in [1.165, 1.54) is 13.2 Å². The number of nitrogens with one attached hydrogen (secondary N) is 1. The van der Waals surface area contributed by atoms with Crippen molar-refractivity contribution in [2.45, 2.75) is 25.8 Å². The van der Waals surface area contributed by atoms with Gasteiger partial charge in [-0.3, -0.25) is 9.59 Å². The first-order valence-corrected chi connectivity index (χ1v) is 11.8. The van der Waals surface area contributed by atoms with Crippen molar-refractivity contribution < 1.29 is 13.9 Å². The van der Waals surface area contributed by atoms with Gasteiger partial charge in [0.05, 0.1) is 24.0 Å². The van der Waals surface area contributed by atoms with Crippen LogP contribution in [0.1, 0.15) is 36.2 Å². The maximum absolute atomic E-state index is 15.3. The summed E-state index contributed by atoms with van der Waals surface area (Å²) >= 11 is 0. The van der Waals surface area contributed by atoms with Crippen LogP contribution in [-0.2, 0) is 0 Å². The molecule has 0 unspecified atom stereocenters. The molecule has 2 heterocycles. The van der Waals surface area contributed by atoms with Crippen molar-refractivity contribution in [3.8, 4) is 5.75 Å². The first-order valence-electron chi connectivity index (χ1n) is 11.8. The molecule has 34 heavy (non-hydrogen) atoms. The van der Waals surface area contributed by atoms with Gasteiger partial charge in [0.25, 0.3) is 5.91 Å². The number of anilines is 2. The molecule has 2 fully saturated rings. The van der Waals surface area contributed by atoms with Gasteiger partial charge in [0.2, 0.25) is 5.43 Å². The number of nitrogens with zero attached hydrogens (tertiary/aromatic N) is 3. The van der Waals surface area contributed by atoms with Crippen LogP contribution >= 0.6 is 0 Å². The molecule has 1 amide bonds. The number of halogens is 1. The van der Waals surface area contributed by atoms with Gasteiger partial charge in [-0.25, -0.2) is 4.39 Å². The van der Waals surface area contributed by atoms with E-state index >= 15 is 4.39 Å². The fourth-order valence-corrected chi connectivity index (χ4v) is 4.66. The molecule has 1 saturated heterocycles. The zero-order chi connectivity index (χ0) is 23.8. The van der Waals surface area contributed by atoms with Gasteiger partial charge in [-0.1, -0.05) is 19.1 Å². The Morgan fingerprint density at radius 3 is 2.56 bits per heavy atom. The third-order valence-corrected chi connectivity index (χ3v) is 6.80.